The lowest BCUT2D eigenvalue weighted by atomic mass is 10.2. The predicted octanol–water partition coefficient (Wildman–Crippen LogP) is 2.45. The maximum atomic E-state index is 11.2. The van der Waals surface area contributed by atoms with E-state index < -0.39 is 5.97 Å². The lowest BCUT2D eigenvalue weighted by Crippen LogP contribution is -2.13. The van der Waals surface area contributed by atoms with Crippen molar-refractivity contribution >= 4 is 40.9 Å². The molecule has 9 heteroatoms. The van der Waals surface area contributed by atoms with Crippen LogP contribution in [0.4, 0.5) is 0 Å². The summed E-state index contributed by atoms with van der Waals surface area (Å²) >= 11 is 13.2. The van der Waals surface area contributed by atoms with Crippen molar-refractivity contribution in [3.8, 4) is 0 Å². The molecule has 0 unspecified atom stereocenters. The Kier molecular flexibility index (Phi) is 5.22. The van der Waals surface area contributed by atoms with Gasteiger partial charge in [-0.2, -0.15) is 0 Å². The predicted molar refractivity (Wildman–Crippen MR) is 75.9 cm³/mol. The molecule has 0 saturated heterocycles. The summed E-state index contributed by atoms with van der Waals surface area (Å²) in [6.45, 7) is -0.0206. The highest BCUT2D eigenvalue weighted by Crippen LogP contribution is 2.26. The molecule has 0 saturated carbocycles. The molecule has 0 aliphatic carbocycles. The molecule has 0 radical (unpaired) electrons. The number of hydrogen-bond donors (Lipinski definition) is 0. The number of carbonyl (C=O) groups is 1. The number of carbonyl (C=O) groups excluding carboxylic acids is 1. The maximum Gasteiger partial charge on any atom is 0.327 e. The quantitative estimate of drug-likeness (QED) is 0.618. The Labute approximate surface area is 129 Å². The molecule has 2 aromatic rings. The van der Waals surface area contributed by atoms with E-state index in [-0.39, 0.29) is 6.54 Å². The Morgan fingerprint density at radius 1 is 1.40 bits per heavy atom. The molecule has 0 atom stereocenters. The first kappa shape index (κ1) is 15.1. The topological polar surface area (TPSA) is 69.9 Å². The summed E-state index contributed by atoms with van der Waals surface area (Å²) in [6, 6.07) is 5.39. The lowest BCUT2D eigenvalue weighted by molar-refractivity contribution is -0.141. The fourth-order valence-electron chi connectivity index (χ4n) is 1.36. The fraction of sp³-hybridized carbons (Fsp3) is 0.273. The first-order valence-corrected chi connectivity index (χ1v) is 7.24. The van der Waals surface area contributed by atoms with E-state index >= 15 is 0 Å². The molecular formula is C11H10Cl2N4O2S. The van der Waals surface area contributed by atoms with Crippen molar-refractivity contribution in [2.45, 2.75) is 17.5 Å². The summed E-state index contributed by atoms with van der Waals surface area (Å²) in [4.78, 5) is 11.2. The molecule has 0 N–H and O–H groups in total. The van der Waals surface area contributed by atoms with Crippen LogP contribution in [0.3, 0.4) is 0 Å². The number of methoxy groups -OCH3 is 1. The van der Waals surface area contributed by atoms with Gasteiger partial charge in [0.1, 0.15) is 6.54 Å². The molecule has 1 aromatic carbocycles. The molecule has 1 heterocycles. The van der Waals surface area contributed by atoms with Gasteiger partial charge >= 0.3 is 5.97 Å². The smallest absolute Gasteiger partial charge is 0.327 e. The molecule has 0 spiro atoms. The van der Waals surface area contributed by atoms with Crippen LogP contribution >= 0.6 is 35.0 Å². The SMILES string of the molecule is COC(=O)Cn1nnnc1SCc1ccc(Cl)c(Cl)c1. The first-order chi connectivity index (χ1) is 9.60. The molecule has 6 nitrogen and oxygen atoms in total. The molecule has 2 rings (SSSR count). The minimum Gasteiger partial charge on any atom is -0.468 e. The van der Waals surface area contributed by atoms with E-state index in [1.165, 1.54) is 23.6 Å². The Bertz CT molecular complexity index is 620. The Morgan fingerprint density at radius 3 is 2.90 bits per heavy atom. The van der Waals surface area contributed by atoms with Crippen LogP contribution < -0.4 is 0 Å². The van der Waals surface area contributed by atoms with Gasteiger partial charge in [-0.25, -0.2) is 4.68 Å². The van der Waals surface area contributed by atoms with Gasteiger partial charge < -0.3 is 4.74 Å². The summed E-state index contributed by atoms with van der Waals surface area (Å²) in [5.41, 5.74) is 0.983. The Hall–Kier alpha value is -1.31. The average molecular weight is 333 g/mol. The van der Waals surface area contributed by atoms with Gasteiger partial charge in [0.05, 0.1) is 17.2 Å². The zero-order chi connectivity index (χ0) is 14.5. The summed E-state index contributed by atoms with van der Waals surface area (Å²) < 4.78 is 5.96. The van der Waals surface area contributed by atoms with Gasteiger partial charge in [0.2, 0.25) is 5.16 Å². The van der Waals surface area contributed by atoms with Crippen LogP contribution in [0.2, 0.25) is 10.0 Å². The van der Waals surface area contributed by atoms with Crippen molar-refractivity contribution < 1.29 is 9.53 Å². The van der Waals surface area contributed by atoms with Crippen molar-refractivity contribution in [3.63, 3.8) is 0 Å². The first-order valence-electron chi connectivity index (χ1n) is 5.50. The third-order valence-corrected chi connectivity index (χ3v) is 4.12. The standard InChI is InChI=1S/C11H10Cl2N4O2S/c1-19-10(18)5-17-11(14-15-16-17)20-6-7-2-3-8(12)9(13)4-7/h2-4H,5-6H2,1H3. The zero-order valence-corrected chi connectivity index (χ0v) is 12.7. The fourth-order valence-corrected chi connectivity index (χ4v) is 2.50. The lowest BCUT2D eigenvalue weighted by Gasteiger charge is -2.04. The van der Waals surface area contributed by atoms with Crippen LogP contribution in [0.15, 0.2) is 23.4 Å². The monoisotopic (exact) mass is 332 g/mol. The number of tetrazole rings is 1. The van der Waals surface area contributed by atoms with Crippen LogP contribution in [0, 0.1) is 0 Å². The normalized spacial score (nSPS) is 10.6. The summed E-state index contributed by atoms with van der Waals surface area (Å²) in [5, 5.41) is 12.7. The number of thioether (sulfide) groups is 1. The second-order valence-corrected chi connectivity index (χ2v) is 5.49. The van der Waals surface area contributed by atoms with Crippen molar-refractivity contribution in [1.82, 2.24) is 20.2 Å². The van der Waals surface area contributed by atoms with E-state index in [0.717, 1.165) is 5.56 Å². The number of rotatable bonds is 5. The highest BCUT2D eigenvalue weighted by atomic mass is 35.5. The second kappa shape index (κ2) is 6.92. The maximum absolute atomic E-state index is 11.2. The Morgan fingerprint density at radius 2 is 2.20 bits per heavy atom. The van der Waals surface area contributed by atoms with Crippen molar-refractivity contribution in [1.29, 1.82) is 0 Å². The molecule has 0 amide bonds. The van der Waals surface area contributed by atoms with Crippen LogP contribution in [0.5, 0.6) is 0 Å². The van der Waals surface area contributed by atoms with Gasteiger partial charge in [0, 0.05) is 5.75 Å². The molecule has 0 bridgehead atoms. The molecule has 20 heavy (non-hydrogen) atoms. The molecule has 1 aromatic heterocycles. The van der Waals surface area contributed by atoms with Crippen molar-refractivity contribution in [2.24, 2.45) is 0 Å². The van der Waals surface area contributed by atoms with Gasteiger partial charge in [-0.05, 0) is 28.1 Å². The number of hydrogen-bond acceptors (Lipinski definition) is 6. The molecule has 0 fully saturated rings. The number of aromatic nitrogens is 4. The van der Waals surface area contributed by atoms with Crippen LogP contribution in [0.1, 0.15) is 5.56 Å². The van der Waals surface area contributed by atoms with Crippen LogP contribution in [-0.4, -0.2) is 33.3 Å². The summed E-state index contributed by atoms with van der Waals surface area (Å²) in [7, 11) is 1.31. The van der Waals surface area contributed by atoms with Gasteiger partial charge in [0.25, 0.3) is 0 Å². The van der Waals surface area contributed by atoms with E-state index in [1.807, 2.05) is 6.07 Å². The van der Waals surface area contributed by atoms with Crippen LogP contribution in [0.25, 0.3) is 0 Å². The number of nitrogens with zero attached hydrogens (tertiary/aromatic N) is 4. The largest absolute Gasteiger partial charge is 0.468 e. The van der Waals surface area contributed by atoms with E-state index in [0.29, 0.717) is 21.0 Å². The van der Waals surface area contributed by atoms with E-state index in [2.05, 4.69) is 20.3 Å². The highest BCUT2D eigenvalue weighted by molar-refractivity contribution is 7.98. The number of halogens is 2. The Balaban J connectivity index is 2.02. The average Bonchev–Trinajstić information content (AvgIpc) is 2.87. The second-order valence-electron chi connectivity index (χ2n) is 3.73. The van der Waals surface area contributed by atoms with Gasteiger partial charge in [-0.3, -0.25) is 4.79 Å². The van der Waals surface area contributed by atoms with E-state index in [4.69, 9.17) is 23.2 Å². The highest BCUT2D eigenvalue weighted by Gasteiger charge is 2.11. The third kappa shape index (κ3) is 3.84. The number of esters is 1. The van der Waals surface area contributed by atoms with Crippen molar-refractivity contribution in [3.05, 3.63) is 33.8 Å². The molecule has 106 valence electrons. The van der Waals surface area contributed by atoms with E-state index in [1.54, 1.807) is 12.1 Å². The van der Waals surface area contributed by atoms with Crippen LogP contribution in [-0.2, 0) is 21.8 Å². The third-order valence-electron chi connectivity index (χ3n) is 2.36. The van der Waals surface area contributed by atoms with Crippen molar-refractivity contribution in [2.75, 3.05) is 7.11 Å². The van der Waals surface area contributed by atoms with Gasteiger partial charge in [-0.1, -0.05) is 41.0 Å². The number of benzene rings is 1. The van der Waals surface area contributed by atoms with Gasteiger partial charge in [0.15, 0.2) is 0 Å². The van der Waals surface area contributed by atoms with E-state index in [9.17, 15) is 4.79 Å². The number of ether oxygens (including phenoxy) is 1. The van der Waals surface area contributed by atoms with Gasteiger partial charge in [-0.15, -0.1) is 5.10 Å². The zero-order valence-electron chi connectivity index (χ0n) is 10.4. The minimum absolute atomic E-state index is 0.0206. The molecular weight excluding hydrogens is 323 g/mol. The minimum atomic E-state index is -0.409. The molecule has 0 aliphatic rings. The molecule has 0 aliphatic heterocycles. The summed E-state index contributed by atoms with van der Waals surface area (Å²) in [5.74, 6) is 0.201. The summed E-state index contributed by atoms with van der Waals surface area (Å²) in [6.07, 6.45) is 0.